The van der Waals surface area contributed by atoms with Crippen molar-refractivity contribution in [3.8, 4) is 11.8 Å². The zero-order valence-corrected chi connectivity index (χ0v) is 19.1. The van der Waals surface area contributed by atoms with E-state index in [1.165, 1.54) is 7.11 Å². The molecule has 7 nitrogen and oxygen atoms in total. The number of sulfonamides is 1. The molecule has 0 aromatic heterocycles. The van der Waals surface area contributed by atoms with Gasteiger partial charge in [0.05, 0.1) is 23.6 Å². The average molecular weight is 457 g/mol. The minimum absolute atomic E-state index is 0.149. The highest BCUT2D eigenvalue weighted by Gasteiger charge is 2.29. The first-order valence-electron chi connectivity index (χ1n) is 10.5. The molecule has 170 valence electrons. The van der Waals surface area contributed by atoms with Crippen LogP contribution in [0.4, 0.5) is 5.69 Å². The van der Waals surface area contributed by atoms with Crippen LogP contribution in [0.5, 0.6) is 0 Å². The molecule has 1 aliphatic carbocycles. The van der Waals surface area contributed by atoms with Crippen molar-refractivity contribution in [1.29, 1.82) is 0 Å². The third-order valence-corrected chi connectivity index (χ3v) is 6.93. The van der Waals surface area contributed by atoms with Gasteiger partial charge in [-0.15, -0.1) is 0 Å². The fourth-order valence-corrected chi connectivity index (χ4v) is 4.99. The predicted octanol–water partition coefficient (Wildman–Crippen LogP) is 3.11. The molecule has 0 bridgehead atoms. The van der Waals surface area contributed by atoms with E-state index in [1.807, 2.05) is 30.3 Å². The van der Waals surface area contributed by atoms with E-state index < -0.39 is 10.0 Å². The SMILES string of the molecule is COCNc1cc(S(=O)(=O)NC2CCC(C(=O)OC)CC2)ccc1C#Cc1ccccc1. The Morgan fingerprint density at radius 3 is 2.41 bits per heavy atom. The van der Waals surface area contributed by atoms with Crippen molar-refractivity contribution in [2.24, 2.45) is 5.92 Å². The minimum atomic E-state index is -3.73. The molecule has 2 N–H and O–H groups in total. The average Bonchev–Trinajstić information content (AvgIpc) is 2.82. The van der Waals surface area contributed by atoms with Crippen molar-refractivity contribution in [2.75, 3.05) is 26.3 Å². The molecule has 0 heterocycles. The van der Waals surface area contributed by atoms with E-state index in [-0.39, 0.29) is 29.6 Å². The van der Waals surface area contributed by atoms with Crippen LogP contribution in [-0.4, -0.2) is 41.4 Å². The summed E-state index contributed by atoms with van der Waals surface area (Å²) in [6.45, 7) is 0.217. The van der Waals surface area contributed by atoms with E-state index in [1.54, 1.807) is 25.3 Å². The Kier molecular flexibility index (Phi) is 8.28. The van der Waals surface area contributed by atoms with Crippen LogP contribution in [0.2, 0.25) is 0 Å². The van der Waals surface area contributed by atoms with Crippen LogP contribution in [0.25, 0.3) is 0 Å². The predicted molar refractivity (Wildman–Crippen MR) is 122 cm³/mol. The van der Waals surface area contributed by atoms with Gasteiger partial charge in [-0.25, -0.2) is 13.1 Å². The van der Waals surface area contributed by atoms with Gasteiger partial charge in [-0.3, -0.25) is 4.79 Å². The summed E-state index contributed by atoms with van der Waals surface area (Å²) in [6.07, 6.45) is 2.39. The standard InChI is InChI=1S/C24H28N2O5S/c1-30-17-25-23-16-22(15-12-19(23)9-8-18-6-4-3-5-7-18)32(28,29)26-21-13-10-20(11-14-21)24(27)31-2/h3-7,12,15-16,20-21,25-26H,10-11,13-14,17H2,1-2H3. The Labute approximate surface area is 189 Å². The molecule has 1 fully saturated rings. The van der Waals surface area contributed by atoms with Gasteiger partial charge in [0.1, 0.15) is 6.73 Å². The van der Waals surface area contributed by atoms with Gasteiger partial charge in [0.15, 0.2) is 0 Å². The smallest absolute Gasteiger partial charge is 0.308 e. The second-order valence-corrected chi connectivity index (χ2v) is 9.34. The summed E-state index contributed by atoms with van der Waals surface area (Å²) in [5.41, 5.74) is 2.11. The molecule has 2 aromatic carbocycles. The van der Waals surface area contributed by atoms with Crippen LogP contribution >= 0.6 is 0 Å². The number of nitrogens with one attached hydrogen (secondary N) is 2. The lowest BCUT2D eigenvalue weighted by molar-refractivity contribution is -0.146. The molecule has 0 atom stereocenters. The summed E-state index contributed by atoms with van der Waals surface area (Å²) in [4.78, 5) is 11.8. The third kappa shape index (κ3) is 6.33. The monoisotopic (exact) mass is 456 g/mol. The number of benzene rings is 2. The molecule has 0 radical (unpaired) electrons. The zero-order valence-electron chi connectivity index (χ0n) is 18.3. The maximum atomic E-state index is 13.0. The number of carbonyl (C=O) groups is 1. The van der Waals surface area contributed by atoms with Gasteiger partial charge < -0.3 is 14.8 Å². The van der Waals surface area contributed by atoms with Gasteiger partial charge in [0, 0.05) is 24.3 Å². The molecule has 0 amide bonds. The maximum Gasteiger partial charge on any atom is 0.308 e. The Morgan fingerprint density at radius 1 is 1.03 bits per heavy atom. The lowest BCUT2D eigenvalue weighted by atomic mass is 9.86. The van der Waals surface area contributed by atoms with Gasteiger partial charge in [-0.1, -0.05) is 30.0 Å². The molecular weight excluding hydrogens is 428 g/mol. The highest BCUT2D eigenvalue weighted by Crippen LogP contribution is 2.27. The van der Waals surface area contributed by atoms with Gasteiger partial charge in [0.25, 0.3) is 0 Å². The Morgan fingerprint density at radius 2 is 1.75 bits per heavy atom. The molecule has 3 rings (SSSR count). The highest BCUT2D eigenvalue weighted by atomic mass is 32.2. The lowest BCUT2D eigenvalue weighted by Crippen LogP contribution is -2.38. The van der Waals surface area contributed by atoms with Gasteiger partial charge in [-0.05, 0) is 56.0 Å². The van der Waals surface area contributed by atoms with Crippen molar-refractivity contribution in [3.05, 3.63) is 59.7 Å². The first kappa shape index (κ1) is 23.8. The normalized spacial score (nSPS) is 18.3. The first-order chi connectivity index (χ1) is 15.4. The summed E-state index contributed by atoms with van der Waals surface area (Å²) in [6, 6.07) is 14.2. The second-order valence-electron chi connectivity index (χ2n) is 7.63. The van der Waals surface area contributed by atoms with Crippen LogP contribution in [0, 0.1) is 17.8 Å². The van der Waals surface area contributed by atoms with Crippen LogP contribution in [-0.2, 0) is 24.3 Å². The number of ether oxygens (including phenoxy) is 2. The summed E-state index contributed by atoms with van der Waals surface area (Å²) < 4.78 is 38.6. The Balaban J connectivity index is 1.76. The molecule has 2 aromatic rings. The van der Waals surface area contributed by atoms with Gasteiger partial charge in [-0.2, -0.15) is 0 Å². The molecule has 0 aliphatic heterocycles. The number of methoxy groups -OCH3 is 2. The summed E-state index contributed by atoms with van der Waals surface area (Å²) in [5, 5.41) is 3.07. The lowest BCUT2D eigenvalue weighted by Gasteiger charge is -2.27. The first-order valence-corrected chi connectivity index (χ1v) is 12.0. The molecule has 0 spiro atoms. The number of carbonyl (C=O) groups excluding carboxylic acids is 1. The number of rotatable bonds is 7. The fraction of sp³-hybridized carbons (Fsp3) is 0.375. The van der Waals surface area contributed by atoms with E-state index in [9.17, 15) is 13.2 Å². The zero-order chi connectivity index (χ0) is 23.0. The molecule has 0 unspecified atom stereocenters. The highest BCUT2D eigenvalue weighted by molar-refractivity contribution is 7.89. The number of hydrogen-bond acceptors (Lipinski definition) is 6. The quantitative estimate of drug-likeness (QED) is 0.378. The molecule has 32 heavy (non-hydrogen) atoms. The third-order valence-electron chi connectivity index (χ3n) is 5.41. The van der Waals surface area contributed by atoms with Gasteiger partial charge in [0.2, 0.25) is 10.0 Å². The van der Waals surface area contributed by atoms with Crippen molar-refractivity contribution < 1.29 is 22.7 Å². The van der Waals surface area contributed by atoms with Crippen LogP contribution in [0.15, 0.2) is 53.4 Å². The van der Waals surface area contributed by atoms with E-state index in [4.69, 9.17) is 9.47 Å². The second kappa shape index (κ2) is 11.1. The Bertz CT molecular complexity index is 1080. The molecule has 1 saturated carbocycles. The summed E-state index contributed by atoms with van der Waals surface area (Å²) >= 11 is 0. The van der Waals surface area contributed by atoms with E-state index in [2.05, 4.69) is 21.9 Å². The largest absolute Gasteiger partial charge is 0.469 e. The summed E-state index contributed by atoms with van der Waals surface area (Å²) in [7, 11) is -0.804. The molecule has 0 saturated heterocycles. The number of anilines is 1. The van der Waals surface area contributed by atoms with Crippen LogP contribution in [0.1, 0.15) is 36.8 Å². The van der Waals surface area contributed by atoms with Crippen LogP contribution in [0.3, 0.4) is 0 Å². The summed E-state index contributed by atoms with van der Waals surface area (Å²) in [5.74, 6) is 5.79. The van der Waals surface area contributed by atoms with Crippen LogP contribution < -0.4 is 10.0 Å². The fourth-order valence-electron chi connectivity index (χ4n) is 3.66. The van der Waals surface area contributed by atoms with Crippen molar-refractivity contribution >= 4 is 21.7 Å². The van der Waals surface area contributed by atoms with E-state index in [0.29, 0.717) is 36.9 Å². The minimum Gasteiger partial charge on any atom is -0.469 e. The maximum absolute atomic E-state index is 13.0. The van der Waals surface area contributed by atoms with E-state index >= 15 is 0 Å². The molecular formula is C24H28N2O5S. The topological polar surface area (TPSA) is 93.7 Å². The van der Waals surface area contributed by atoms with Gasteiger partial charge >= 0.3 is 5.97 Å². The number of hydrogen-bond donors (Lipinski definition) is 2. The number of esters is 1. The molecule has 8 heteroatoms. The molecule has 1 aliphatic rings. The van der Waals surface area contributed by atoms with E-state index in [0.717, 1.165) is 5.56 Å². The van der Waals surface area contributed by atoms with Crippen molar-refractivity contribution in [2.45, 2.75) is 36.6 Å². The van der Waals surface area contributed by atoms with Crippen molar-refractivity contribution in [1.82, 2.24) is 4.72 Å². The van der Waals surface area contributed by atoms with Crippen molar-refractivity contribution in [3.63, 3.8) is 0 Å². The Hall–Kier alpha value is -2.86.